The fourth-order valence-corrected chi connectivity index (χ4v) is 4.13. The van der Waals surface area contributed by atoms with Gasteiger partial charge in [0.2, 0.25) is 0 Å². The van der Waals surface area contributed by atoms with Gasteiger partial charge in [-0.15, -0.1) is 0 Å². The van der Waals surface area contributed by atoms with Gasteiger partial charge in [-0.2, -0.15) is 0 Å². The number of anilines is 3. The van der Waals surface area contributed by atoms with Gasteiger partial charge in [-0.1, -0.05) is 60.5 Å². The van der Waals surface area contributed by atoms with Crippen molar-refractivity contribution in [2.75, 3.05) is 17.6 Å². The highest BCUT2D eigenvalue weighted by atomic mass is 16.1. The van der Waals surface area contributed by atoms with E-state index < -0.39 is 0 Å². The van der Waals surface area contributed by atoms with Crippen LogP contribution < -0.4 is 22.3 Å². The average Bonchev–Trinajstić information content (AvgIpc) is 2.86. The predicted molar refractivity (Wildman–Crippen MR) is 153 cm³/mol. The van der Waals surface area contributed by atoms with Gasteiger partial charge >= 0.3 is 0 Å². The molecule has 1 saturated carbocycles. The van der Waals surface area contributed by atoms with Crippen LogP contribution in [0.25, 0.3) is 5.57 Å². The third-order valence-electron chi connectivity index (χ3n) is 5.93. The smallest absolute Gasteiger partial charge is 0.275 e. The van der Waals surface area contributed by atoms with Gasteiger partial charge in [-0.3, -0.25) is 4.79 Å². The van der Waals surface area contributed by atoms with Gasteiger partial charge in [-0.25, -0.2) is 9.97 Å². The van der Waals surface area contributed by atoms with E-state index in [1.807, 2.05) is 59.1 Å². The number of nitrogens with two attached hydrogens (primary N) is 2. The van der Waals surface area contributed by atoms with Crippen LogP contribution in [0, 0.1) is 13.8 Å². The third kappa shape index (κ3) is 8.49. The summed E-state index contributed by atoms with van der Waals surface area (Å²) in [6.07, 6.45) is 7.99. The summed E-state index contributed by atoms with van der Waals surface area (Å²) < 4.78 is 1.96. The van der Waals surface area contributed by atoms with Crippen LogP contribution in [0.3, 0.4) is 0 Å². The van der Waals surface area contributed by atoms with Gasteiger partial charge in [0.25, 0.3) is 5.56 Å². The minimum Gasteiger partial charge on any atom is -0.383 e. The molecule has 0 atom stereocenters. The number of allylic oxidation sites excluding steroid dienone is 1. The molecule has 0 radical (unpaired) electrons. The largest absolute Gasteiger partial charge is 0.383 e. The van der Waals surface area contributed by atoms with Crippen molar-refractivity contribution < 1.29 is 0 Å². The Morgan fingerprint density at radius 1 is 1.14 bits per heavy atom. The molecule has 7 heteroatoms. The number of hydrogen-bond acceptors (Lipinski definition) is 6. The minimum absolute atomic E-state index is 0.0421. The molecule has 1 fully saturated rings. The van der Waals surface area contributed by atoms with Gasteiger partial charge < -0.3 is 21.4 Å². The van der Waals surface area contributed by atoms with Crippen LogP contribution in [0.2, 0.25) is 0 Å². The highest BCUT2D eigenvalue weighted by Crippen LogP contribution is 2.37. The Hall–Kier alpha value is -2.67. The van der Waals surface area contributed by atoms with E-state index in [1.54, 1.807) is 0 Å². The van der Waals surface area contributed by atoms with Crippen molar-refractivity contribution in [2.45, 2.75) is 106 Å². The van der Waals surface area contributed by atoms with E-state index in [4.69, 9.17) is 11.5 Å². The topological polar surface area (TPSA) is 112 Å². The van der Waals surface area contributed by atoms with E-state index in [2.05, 4.69) is 35.7 Å². The zero-order chi connectivity index (χ0) is 27.2. The molecule has 1 aliphatic rings. The lowest BCUT2D eigenvalue weighted by Gasteiger charge is -2.38. The number of aryl methyl sites for hydroxylation is 1. The summed E-state index contributed by atoms with van der Waals surface area (Å²) in [5.41, 5.74) is 14.8. The van der Waals surface area contributed by atoms with Crippen LogP contribution >= 0.6 is 0 Å². The first-order valence-corrected chi connectivity index (χ1v) is 13.1. The van der Waals surface area contributed by atoms with E-state index in [9.17, 15) is 4.79 Å². The second-order valence-electron chi connectivity index (χ2n) is 8.71. The molecule has 7 nitrogen and oxygen atoms in total. The number of nitrogens with zero attached hydrogens (tertiary/aromatic N) is 3. The van der Waals surface area contributed by atoms with Crippen molar-refractivity contribution in [3.63, 3.8) is 0 Å². The lowest BCUT2D eigenvalue weighted by Crippen LogP contribution is -2.42. The summed E-state index contributed by atoms with van der Waals surface area (Å²) in [7, 11) is 0. The van der Waals surface area contributed by atoms with Crippen molar-refractivity contribution in [1.82, 2.24) is 14.5 Å². The zero-order valence-electron chi connectivity index (χ0n) is 23.7. The standard InChI is InChI=1S/C21H29N5O.C3H9N.2C2H6/c1-13(2)17-14(3)11-16(25-19-15(4)18(22)23-12-24-19)20(27)26(17)21(5)9-7-6-8-10-21;1-2-3-4;2*1-2/h11-12H,1,6-10H2,2-5H3,(H3,22,23,24,25);2-4H2,1H3;2*1-2H3. The summed E-state index contributed by atoms with van der Waals surface area (Å²) in [6, 6.07) is 1.88. The molecule has 2 aromatic rings. The summed E-state index contributed by atoms with van der Waals surface area (Å²) in [4.78, 5) is 21.8. The van der Waals surface area contributed by atoms with Crippen LogP contribution in [0.4, 0.5) is 17.3 Å². The fourth-order valence-electron chi connectivity index (χ4n) is 4.13. The van der Waals surface area contributed by atoms with Crippen LogP contribution in [0.1, 0.15) is 104 Å². The summed E-state index contributed by atoms with van der Waals surface area (Å²) in [6.45, 7) is 23.0. The molecular formula is C28H50N6O. The van der Waals surface area contributed by atoms with Gasteiger partial charge in [0.1, 0.15) is 23.7 Å². The van der Waals surface area contributed by atoms with E-state index >= 15 is 0 Å². The maximum absolute atomic E-state index is 13.5. The van der Waals surface area contributed by atoms with Crippen LogP contribution in [-0.4, -0.2) is 21.1 Å². The highest BCUT2D eigenvalue weighted by molar-refractivity contribution is 5.68. The number of nitrogens with one attached hydrogen (secondary N) is 1. The average molecular weight is 487 g/mol. The highest BCUT2D eigenvalue weighted by Gasteiger charge is 2.33. The van der Waals surface area contributed by atoms with E-state index in [0.29, 0.717) is 17.3 Å². The number of nitrogen functional groups attached to an aromatic ring is 1. The SMILES string of the molecule is C=C(C)c1c(C)cc(Nc2ncnc(N)c2C)c(=O)n1C1(C)CCCCC1.CC.CC.CCCN. The Balaban J connectivity index is 0.00000129. The summed E-state index contributed by atoms with van der Waals surface area (Å²) >= 11 is 0. The van der Waals surface area contributed by atoms with Gasteiger partial charge in [0, 0.05) is 16.8 Å². The maximum Gasteiger partial charge on any atom is 0.275 e. The molecule has 0 saturated heterocycles. The molecular weight excluding hydrogens is 436 g/mol. The monoisotopic (exact) mass is 486 g/mol. The molecule has 0 bridgehead atoms. The summed E-state index contributed by atoms with van der Waals surface area (Å²) in [5, 5.41) is 3.19. The van der Waals surface area contributed by atoms with Crippen LogP contribution in [0.15, 0.2) is 23.8 Å². The second-order valence-corrected chi connectivity index (χ2v) is 8.71. The number of pyridine rings is 1. The zero-order valence-corrected chi connectivity index (χ0v) is 23.7. The Bertz CT molecular complexity index is 972. The Labute approximate surface area is 213 Å². The molecule has 5 N–H and O–H groups in total. The van der Waals surface area contributed by atoms with Crippen molar-refractivity contribution in [2.24, 2.45) is 5.73 Å². The number of hydrogen-bond donors (Lipinski definition) is 3. The molecule has 2 heterocycles. The lowest BCUT2D eigenvalue weighted by molar-refractivity contribution is 0.211. The first-order chi connectivity index (χ1) is 16.7. The third-order valence-corrected chi connectivity index (χ3v) is 5.93. The van der Waals surface area contributed by atoms with E-state index in [-0.39, 0.29) is 11.1 Å². The molecule has 35 heavy (non-hydrogen) atoms. The number of aromatic nitrogens is 3. The van der Waals surface area contributed by atoms with Crippen LogP contribution in [-0.2, 0) is 5.54 Å². The molecule has 0 aliphatic heterocycles. The quantitative estimate of drug-likeness (QED) is 0.433. The molecule has 0 spiro atoms. The lowest BCUT2D eigenvalue weighted by atomic mass is 9.82. The Kier molecular flexibility index (Phi) is 14.9. The normalized spacial score (nSPS) is 13.7. The van der Waals surface area contributed by atoms with Gasteiger partial charge in [-0.05, 0) is 70.7 Å². The van der Waals surface area contributed by atoms with Crippen molar-refractivity contribution in [1.29, 1.82) is 0 Å². The van der Waals surface area contributed by atoms with Gasteiger partial charge in [0.15, 0.2) is 0 Å². The van der Waals surface area contributed by atoms with E-state index in [0.717, 1.165) is 61.0 Å². The Morgan fingerprint density at radius 2 is 1.69 bits per heavy atom. The van der Waals surface area contributed by atoms with Crippen LogP contribution in [0.5, 0.6) is 0 Å². The molecule has 0 amide bonds. The molecule has 0 aromatic carbocycles. The van der Waals surface area contributed by atoms with Crippen molar-refractivity contribution in [3.05, 3.63) is 46.1 Å². The molecule has 2 aromatic heterocycles. The molecule has 198 valence electrons. The number of rotatable bonds is 5. The Morgan fingerprint density at radius 3 is 2.17 bits per heavy atom. The first kappa shape index (κ1) is 32.3. The molecule has 3 rings (SSSR count). The fraction of sp³-hybridized carbons (Fsp3) is 0.607. The van der Waals surface area contributed by atoms with Crippen molar-refractivity contribution in [3.8, 4) is 0 Å². The van der Waals surface area contributed by atoms with Crippen molar-refractivity contribution >= 4 is 22.9 Å². The van der Waals surface area contributed by atoms with Gasteiger partial charge in [0.05, 0.1) is 0 Å². The maximum atomic E-state index is 13.5. The second kappa shape index (κ2) is 16.1. The first-order valence-electron chi connectivity index (χ1n) is 13.1. The summed E-state index contributed by atoms with van der Waals surface area (Å²) in [5.74, 6) is 0.963. The molecule has 0 unspecified atom stereocenters. The molecule has 1 aliphatic carbocycles. The predicted octanol–water partition coefficient (Wildman–Crippen LogP) is 6.70. The minimum atomic E-state index is -0.203. The van der Waals surface area contributed by atoms with E-state index in [1.165, 1.54) is 12.7 Å².